The number of carbonyl (C=O) groups excluding carboxylic acids is 2. The van der Waals surface area contributed by atoms with Gasteiger partial charge < -0.3 is 9.47 Å². The molecule has 0 N–H and O–H groups in total. The smallest absolute Gasteiger partial charge is 0.434 e. The molecule has 0 bridgehead atoms. The predicted molar refractivity (Wildman–Crippen MR) is 130 cm³/mol. The lowest BCUT2D eigenvalue weighted by Gasteiger charge is -2.06. The first-order chi connectivity index (χ1) is 15.1. The number of hydrogen-bond donors (Lipinski definition) is 0. The molecule has 0 heterocycles. The summed E-state index contributed by atoms with van der Waals surface area (Å²) in [6, 6.07) is 0. The van der Waals surface area contributed by atoms with Crippen molar-refractivity contribution < 1.29 is 19.1 Å². The second kappa shape index (κ2) is 22.8. The van der Waals surface area contributed by atoms with Crippen LogP contribution in [0.15, 0.2) is 36.5 Å². The molecule has 0 atom stereocenters. The Morgan fingerprint density at radius 1 is 0.742 bits per heavy atom. The van der Waals surface area contributed by atoms with E-state index in [0.717, 1.165) is 70.6 Å². The average Bonchev–Trinajstić information content (AvgIpc) is 2.73. The maximum atomic E-state index is 11.7. The van der Waals surface area contributed by atoms with Gasteiger partial charge in [-0.15, -0.1) is 0 Å². The van der Waals surface area contributed by atoms with Gasteiger partial charge in [-0.25, -0.2) is 4.79 Å². The normalized spacial score (nSPS) is 11.9. The van der Waals surface area contributed by atoms with Gasteiger partial charge in [0.25, 0.3) is 0 Å². The molecule has 0 saturated carbocycles. The zero-order valence-electron chi connectivity index (χ0n) is 20.3. The van der Waals surface area contributed by atoms with Crippen LogP contribution >= 0.6 is 0 Å². The zero-order valence-corrected chi connectivity index (χ0v) is 20.3. The maximum absolute atomic E-state index is 11.7. The highest BCUT2D eigenvalue weighted by molar-refractivity contribution is 5.81. The SMILES string of the molecule is CC/C=C\C/C=C\C/C=C\CCCCCCCC(=O)OC(=O)OCCCCCC(C)C. The first kappa shape index (κ1) is 29.2. The van der Waals surface area contributed by atoms with Gasteiger partial charge in [-0.3, -0.25) is 4.79 Å². The summed E-state index contributed by atoms with van der Waals surface area (Å²) in [7, 11) is 0. The number of hydrogen-bond acceptors (Lipinski definition) is 4. The molecular weight excluding hydrogens is 388 g/mol. The van der Waals surface area contributed by atoms with Crippen LogP contribution < -0.4 is 0 Å². The largest absolute Gasteiger partial charge is 0.516 e. The summed E-state index contributed by atoms with van der Waals surface area (Å²) in [6.45, 7) is 6.87. The number of esters is 1. The fourth-order valence-electron chi connectivity index (χ4n) is 3.05. The monoisotopic (exact) mass is 434 g/mol. The molecule has 0 amide bonds. The molecule has 4 heteroatoms. The van der Waals surface area contributed by atoms with Crippen LogP contribution in [0.25, 0.3) is 0 Å². The molecule has 0 spiro atoms. The Kier molecular flexibility index (Phi) is 21.5. The minimum absolute atomic E-state index is 0.281. The highest BCUT2D eigenvalue weighted by Gasteiger charge is 2.11. The third-order valence-corrected chi connectivity index (χ3v) is 4.87. The van der Waals surface area contributed by atoms with Crippen LogP contribution in [-0.4, -0.2) is 18.7 Å². The third kappa shape index (κ3) is 24.3. The lowest BCUT2D eigenvalue weighted by molar-refractivity contribution is -0.139. The minimum Gasteiger partial charge on any atom is -0.434 e. The van der Waals surface area contributed by atoms with Crippen molar-refractivity contribution in [3.05, 3.63) is 36.5 Å². The van der Waals surface area contributed by atoms with E-state index in [2.05, 4.69) is 57.2 Å². The Balaban J connectivity index is 3.44. The molecule has 0 aliphatic rings. The van der Waals surface area contributed by atoms with Gasteiger partial charge in [0.2, 0.25) is 0 Å². The summed E-state index contributed by atoms with van der Waals surface area (Å²) in [5.41, 5.74) is 0. The number of carbonyl (C=O) groups is 2. The van der Waals surface area contributed by atoms with E-state index in [-0.39, 0.29) is 6.42 Å². The first-order valence-electron chi connectivity index (χ1n) is 12.4. The van der Waals surface area contributed by atoms with E-state index in [1.807, 2.05) is 0 Å². The second-order valence-corrected chi connectivity index (χ2v) is 8.42. The quantitative estimate of drug-likeness (QED) is 0.0885. The van der Waals surface area contributed by atoms with E-state index < -0.39 is 12.1 Å². The number of ether oxygens (including phenoxy) is 2. The fraction of sp³-hybridized carbons (Fsp3) is 0.704. The van der Waals surface area contributed by atoms with Gasteiger partial charge in [-0.2, -0.15) is 0 Å². The average molecular weight is 435 g/mol. The molecular formula is C27H46O4. The van der Waals surface area contributed by atoms with Crippen molar-refractivity contribution >= 4 is 12.1 Å². The Hall–Kier alpha value is -1.84. The van der Waals surface area contributed by atoms with Crippen molar-refractivity contribution in [2.24, 2.45) is 5.92 Å². The highest BCUT2D eigenvalue weighted by Crippen LogP contribution is 2.10. The van der Waals surface area contributed by atoms with Crippen molar-refractivity contribution in [2.75, 3.05) is 6.61 Å². The Bertz CT molecular complexity index is 517. The molecule has 0 radical (unpaired) electrons. The molecule has 0 aliphatic heterocycles. The second-order valence-electron chi connectivity index (χ2n) is 8.42. The van der Waals surface area contributed by atoms with Crippen LogP contribution in [0.1, 0.15) is 111 Å². The lowest BCUT2D eigenvalue weighted by atomic mass is 10.1. The first-order valence-corrected chi connectivity index (χ1v) is 12.4. The summed E-state index contributed by atoms with van der Waals surface area (Å²) in [5, 5.41) is 0. The Labute approximate surface area is 191 Å². The van der Waals surface area contributed by atoms with Crippen molar-refractivity contribution in [3.63, 3.8) is 0 Å². The van der Waals surface area contributed by atoms with Crippen molar-refractivity contribution in [1.82, 2.24) is 0 Å². The Morgan fingerprint density at radius 3 is 2.06 bits per heavy atom. The molecule has 0 aliphatic carbocycles. The van der Waals surface area contributed by atoms with Crippen LogP contribution in [0.5, 0.6) is 0 Å². The molecule has 0 unspecified atom stereocenters. The minimum atomic E-state index is -0.854. The predicted octanol–water partition coefficient (Wildman–Crippen LogP) is 8.47. The fourth-order valence-corrected chi connectivity index (χ4v) is 3.05. The topological polar surface area (TPSA) is 52.6 Å². The molecule has 178 valence electrons. The van der Waals surface area contributed by atoms with Crippen LogP contribution in [0.4, 0.5) is 4.79 Å². The molecule has 0 fully saturated rings. The van der Waals surface area contributed by atoms with E-state index in [1.54, 1.807) is 0 Å². The van der Waals surface area contributed by atoms with E-state index in [4.69, 9.17) is 9.47 Å². The van der Waals surface area contributed by atoms with Crippen LogP contribution in [0.3, 0.4) is 0 Å². The Morgan fingerprint density at radius 2 is 1.35 bits per heavy atom. The molecule has 31 heavy (non-hydrogen) atoms. The van der Waals surface area contributed by atoms with Crippen LogP contribution in [0.2, 0.25) is 0 Å². The van der Waals surface area contributed by atoms with Gasteiger partial charge in [-0.05, 0) is 50.9 Å². The standard InChI is InChI=1S/C27H46O4/c1-4-5-6-7-8-9-10-11-12-13-14-15-16-17-20-23-26(28)31-27(29)30-24-21-18-19-22-25(2)3/h5-6,8-9,11-12,25H,4,7,10,13-24H2,1-3H3/b6-5-,9-8-,12-11-. The summed E-state index contributed by atoms with van der Waals surface area (Å²) in [5.74, 6) is 0.224. The van der Waals surface area contributed by atoms with Gasteiger partial charge in [0.05, 0.1) is 6.61 Å². The van der Waals surface area contributed by atoms with Crippen molar-refractivity contribution in [2.45, 2.75) is 111 Å². The van der Waals surface area contributed by atoms with Gasteiger partial charge in [0.1, 0.15) is 0 Å². The van der Waals surface area contributed by atoms with E-state index in [1.165, 1.54) is 12.8 Å². The number of rotatable bonds is 19. The number of allylic oxidation sites excluding steroid dienone is 6. The van der Waals surface area contributed by atoms with Crippen molar-refractivity contribution in [3.8, 4) is 0 Å². The van der Waals surface area contributed by atoms with E-state index >= 15 is 0 Å². The van der Waals surface area contributed by atoms with Crippen LogP contribution in [0, 0.1) is 5.92 Å². The summed E-state index contributed by atoms with van der Waals surface area (Å²) in [6.07, 6.45) is 26.3. The summed E-state index contributed by atoms with van der Waals surface area (Å²) < 4.78 is 9.65. The molecule has 0 aromatic carbocycles. The van der Waals surface area contributed by atoms with Crippen LogP contribution in [-0.2, 0) is 14.3 Å². The maximum Gasteiger partial charge on any atom is 0.516 e. The number of unbranched alkanes of at least 4 members (excludes halogenated alkanes) is 7. The molecule has 0 aromatic rings. The van der Waals surface area contributed by atoms with E-state index in [9.17, 15) is 9.59 Å². The highest BCUT2D eigenvalue weighted by atomic mass is 16.7. The molecule has 0 saturated heterocycles. The molecule has 4 nitrogen and oxygen atoms in total. The molecule has 0 rings (SSSR count). The lowest BCUT2D eigenvalue weighted by Crippen LogP contribution is -2.14. The van der Waals surface area contributed by atoms with Gasteiger partial charge in [0.15, 0.2) is 0 Å². The summed E-state index contributed by atoms with van der Waals surface area (Å²) in [4.78, 5) is 23.1. The third-order valence-electron chi connectivity index (χ3n) is 4.87. The van der Waals surface area contributed by atoms with Gasteiger partial charge in [-0.1, -0.05) is 95.8 Å². The molecule has 0 aromatic heterocycles. The summed E-state index contributed by atoms with van der Waals surface area (Å²) >= 11 is 0. The van der Waals surface area contributed by atoms with Gasteiger partial charge >= 0.3 is 12.1 Å². The van der Waals surface area contributed by atoms with Gasteiger partial charge in [0, 0.05) is 6.42 Å². The zero-order chi connectivity index (χ0) is 23.0. The van der Waals surface area contributed by atoms with E-state index in [0.29, 0.717) is 12.5 Å². The van der Waals surface area contributed by atoms with Crippen molar-refractivity contribution in [1.29, 1.82) is 0 Å².